The van der Waals surface area contributed by atoms with E-state index in [1.807, 2.05) is 19.0 Å². The Labute approximate surface area is 107 Å². The van der Waals surface area contributed by atoms with Crippen molar-refractivity contribution in [3.05, 3.63) is 47.2 Å². The van der Waals surface area contributed by atoms with Crippen LogP contribution in [-0.2, 0) is 6.42 Å². The highest BCUT2D eigenvalue weighted by atomic mass is 16.5. The maximum atomic E-state index is 5.51. The van der Waals surface area contributed by atoms with Gasteiger partial charge in [0, 0.05) is 25.6 Å². The van der Waals surface area contributed by atoms with Gasteiger partial charge in [0.05, 0.1) is 5.69 Å². The third-order valence-electron chi connectivity index (χ3n) is 3.66. The SMILES string of the molecule is CN(C)c1onc2c1CCCC2c1ccccc1. The van der Waals surface area contributed by atoms with Gasteiger partial charge in [0.1, 0.15) is 0 Å². The Balaban J connectivity index is 2.03. The van der Waals surface area contributed by atoms with Crippen molar-refractivity contribution < 1.29 is 4.52 Å². The molecule has 3 heteroatoms. The molecule has 0 fully saturated rings. The second-order valence-corrected chi connectivity index (χ2v) is 5.10. The molecule has 18 heavy (non-hydrogen) atoms. The van der Waals surface area contributed by atoms with Crippen LogP contribution in [0.5, 0.6) is 0 Å². The Hall–Kier alpha value is -1.77. The number of hydrogen-bond acceptors (Lipinski definition) is 3. The first-order valence-corrected chi connectivity index (χ1v) is 6.48. The topological polar surface area (TPSA) is 29.3 Å². The summed E-state index contributed by atoms with van der Waals surface area (Å²) in [4.78, 5) is 2.01. The Morgan fingerprint density at radius 2 is 2.00 bits per heavy atom. The van der Waals surface area contributed by atoms with E-state index in [0.717, 1.165) is 24.4 Å². The minimum Gasteiger partial charge on any atom is -0.347 e. The average molecular weight is 242 g/mol. The summed E-state index contributed by atoms with van der Waals surface area (Å²) >= 11 is 0. The molecule has 94 valence electrons. The summed E-state index contributed by atoms with van der Waals surface area (Å²) in [6, 6.07) is 10.6. The van der Waals surface area contributed by atoms with Crippen molar-refractivity contribution in [1.82, 2.24) is 5.16 Å². The summed E-state index contributed by atoms with van der Waals surface area (Å²) in [7, 11) is 4.01. The lowest BCUT2D eigenvalue weighted by Crippen LogP contribution is -2.14. The van der Waals surface area contributed by atoms with Gasteiger partial charge in [-0.3, -0.25) is 0 Å². The molecular formula is C15H18N2O. The maximum absolute atomic E-state index is 5.51. The monoisotopic (exact) mass is 242 g/mol. The Morgan fingerprint density at radius 3 is 2.72 bits per heavy atom. The van der Waals surface area contributed by atoms with Gasteiger partial charge in [-0.15, -0.1) is 0 Å². The van der Waals surface area contributed by atoms with Crippen molar-refractivity contribution >= 4 is 5.88 Å². The largest absolute Gasteiger partial charge is 0.347 e. The van der Waals surface area contributed by atoms with E-state index in [1.165, 1.54) is 17.5 Å². The summed E-state index contributed by atoms with van der Waals surface area (Å²) in [5.41, 5.74) is 3.77. The van der Waals surface area contributed by atoms with E-state index in [-0.39, 0.29) is 0 Å². The molecule has 0 radical (unpaired) electrons. The normalized spacial score (nSPS) is 18.4. The van der Waals surface area contributed by atoms with Gasteiger partial charge >= 0.3 is 0 Å². The molecule has 1 aliphatic carbocycles. The highest BCUT2D eigenvalue weighted by molar-refractivity contribution is 5.49. The van der Waals surface area contributed by atoms with E-state index in [9.17, 15) is 0 Å². The molecule has 1 heterocycles. The lowest BCUT2D eigenvalue weighted by atomic mass is 9.83. The highest BCUT2D eigenvalue weighted by Crippen LogP contribution is 2.39. The van der Waals surface area contributed by atoms with E-state index in [0.29, 0.717) is 5.92 Å². The van der Waals surface area contributed by atoms with Crippen LogP contribution in [0.15, 0.2) is 34.9 Å². The molecule has 0 N–H and O–H groups in total. The van der Waals surface area contributed by atoms with Crippen LogP contribution in [0.3, 0.4) is 0 Å². The van der Waals surface area contributed by atoms with Crippen LogP contribution in [-0.4, -0.2) is 19.3 Å². The molecule has 2 aromatic rings. The maximum Gasteiger partial charge on any atom is 0.230 e. The fourth-order valence-corrected chi connectivity index (χ4v) is 2.80. The van der Waals surface area contributed by atoms with Crippen molar-refractivity contribution in [3.63, 3.8) is 0 Å². The molecule has 0 amide bonds. The fraction of sp³-hybridized carbons (Fsp3) is 0.400. The van der Waals surface area contributed by atoms with Crippen LogP contribution < -0.4 is 4.90 Å². The van der Waals surface area contributed by atoms with Crippen molar-refractivity contribution in [2.45, 2.75) is 25.2 Å². The lowest BCUT2D eigenvalue weighted by Gasteiger charge is -2.21. The second-order valence-electron chi connectivity index (χ2n) is 5.10. The van der Waals surface area contributed by atoms with E-state index in [2.05, 4.69) is 35.5 Å². The first kappa shape index (κ1) is 11.3. The Bertz CT molecular complexity index is 531. The van der Waals surface area contributed by atoms with Gasteiger partial charge in [-0.25, -0.2) is 0 Å². The number of aromatic nitrogens is 1. The highest BCUT2D eigenvalue weighted by Gasteiger charge is 2.29. The number of nitrogens with zero attached hydrogens (tertiary/aromatic N) is 2. The number of fused-ring (bicyclic) bond motifs is 1. The van der Waals surface area contributed by atoms with Gasteiger partial charge < -0.3 is 9.42 Å². The van der Waals surface area contributed by atoms with Gasteiger partial charge in [0.15, 0.2) is 0 Å². The number of hydrogen-bond donors (Lipinski definition) is 0. The zero-order chi connectivity index (χ0) is 12.5. The molecule has 3 nitrogen and oxygen atoms in total. The first-order chi connectivity index (χ1) is 8.77. The molecule has 1 atom stereocenters. The second kappa shape index (κ2) is 4.48. The quantitative estimate of drug-likeness (QED) is 0.809. The van der Waals surface area contributed by atoms with Gasteiger partial charge in [-0.05, 0) is 24.8 Å². The van der Waals surface area contributed by atoms with Crippen LogP contribution in [0.1, 0.15) is 35.6 Å². The van der Waals surface area contributed by atoms with Crippen molar-refractivity contribution in [2.24, 2.45) is 0 Å². The van der Waals surface area contributed by atoms with Crippen LogP contribution in [0.25, 0.3) is 0 Å². The molecule has 1 aromatic carbocycles. The average Bonchev–Trinajstić information content (AvgIpc) is 2.83. The third-order valence-corrected chi connectivity index (χ3v) is 3.66. The standard InChI is InChI=1S/C15H18N2O/c1-17(2)15-13-10-6-9-12(14(13)16-18-15)11-7-4-3-5-8-11/h3-5,7-8,12H,6,9-10H2,1-2H3. The number of rotatable bonds is 2. The van der Waals surface area contributed by atoms with Crippen LogP contribution in [0.2, 0.25) is 0 Å². The van der Waals surface area contributed by atoms with Crippen LogP contribution in [0.4, 0.5) is 5.88 Å². The molecule has 1 aliphatic rings. The van der Waals surface area contributed by atoms with E-state index in [4.69, 9.17) is 4.52 Å². The fourth-order valence-electron chi connectivity index (χ4n) is 2.80. The summed E-state index contributed by atoms with van der Waals surface area (Å²) < 4.78 is 5.51. The molecule has 0 saturated heterocycles. The molecule has 0 aliphatic heterocycles. The van der Waals surface area contributed by atoms with Crippen molar-refractivity contribution in [3.8, 4) is 0 Å². The number of benzene rings is 1. The molecular weight excluding hydrogens is 224 g/mol. The zero-order valence-corrected chi connectivity index (χ0v) is 10.9. The predicted molar refractivity (Wildman–Crippen MR) is 72.1 cm³/mol. The minimum absolute atomic E-state index is 0.396. The van der Waals surface area contributed by atoms with Gasteiger partial charge in [0.25, 0.3) is 0 Å². The zero-order valence-electron chi connectivity index (χ0n) is 10.9. The summed E-state index contributed by atoms with van der Waals surface area (Å²) in [5.74, 6) is 1.32. The van der Waals surface area contributed by atoms with E-state index in [1.54, 1.807) is 0 Å². The predicted octanol–water partition coefficient (Wildman–Crippen LogP) is 3.21. The Kier molecular flexibility index (Phi) is 2.82. The van der Waals surface area contributed by atoms with Gasteiger partial charge in [-0.2, -0.15) is 0 Å². The summed E-state index contributed by atoms with van der Waals surface area (Å²) in [6.45, 7) is 0. The van der Waals surface area contributed by atoms with Crippen molar-refractivity contribution in [2.75, 3.05) is 19.0 Å². The van der Waals surface area contributed by atoms with E-state index < -0.39 is 0 Å². The smallest absolute Gasteiger partial charge is 0.230 e. The van der Waals surface area contributed by atoms with Crippen LogP contribution in [0, 0.1) is 0 Å². The number of anilines is 1. The minimum atomic E-state index is 0.396. The molecule has 0 spiro atoms. The van der Waals surface area contributed by atoms with Gasteiger partial charge in [0.2, 0.25) is 5.88 Å². The molecule has 0 bridgehead atoms. The first-order valence-electron chi connectivity index (χ1n) is 6.48. The van der Waals surface area contributed by atoms with Gasteiger partial charge in [-0.1, -0.05) is 35.5 Å². The Morgan fingerprint density at radius 1 is 1.22 bits per heavy atom. The third kappa shape index (κ3) is 1.80. The van der Waals surface area contributed by atoms with E-state index >= 15 is 0 Å². The summed E-state index contributed by atoms with van der Waals surface area (Å²) in [6.07, 6.45) is 3.45. The van der Waals surface area contributed by atoms with Crippen LogP contribution >= 0.6 is 0 Å². The molecule has 1 unspecified atom stereocenters. The molecule has 3 rings (SSSR count). The summed E-state index contributed by atoms with van der Waals surface area (Å²) in [5, 5.41) is 4.32. The lowest BCUT2D eigenvalue weighted by molar-refractivity contribution is 0.411. The van der Waals surface area contributed by atoms with Crippen molar-refractivity contribution in [1.29, 1.82) is 0 Å². The molecule has 0 saturated carbocycles. The molecule has 1 aromatic heterocycles.